The molecule has 0 saturated carbocycles. The molecule has 0 aromatic heterocycles. The Balaban J connectivity index is 2.12. The summed E-state index contributed by atoms with van der Waals surface area (Å²) in [4.78, 5) is 0. The molecule has 2 saturated heterocycles. The average Bonchev–Trinajstić information content (AvgIpc) is 2.78. The molecule has 2 fully saturated rings. The minimum atomic E-state index is -3.54. The summed E-state index contributed by atoms with van der Waals surface area (Å²) in [6.07, 6.45) is 2.32. The van der Waals surface area contributed by atoms with Gasteiger partial charge < -0.3 is 5.32 Å². The second-order valence-electron chi connectivity index (χ2n) is 6.45. The van der Waals surface area contributed by atoms with Crippen molar-refractivity contribution in [3.63, 3.8) is 0 Å². The van der Waals surface area contributed by atoms with Gasteiger partial charge in [0.05, 0.1) is 16.8 Å². The first-order valence-electron chi connectivity index (χ1n) is 7.64. The van der Waals surface area contributed by atoms with Crippen LogP contribution in [0.3, 0.4) is 0 Å². The lowest BCUT2D eigenvalue weighted by molar-refractivity contribution is 0.262. The first-order valence-corrected chi connectivity index (χ1v) is 11.0. The zero-order valence-corrected chi connectivity index (χ0v) is 14.4. The van der Waals surface area contributed by atoms with E-state index >= 15 is 0 Å². The van der Waals surface area contributed by atoms with Crippen LogP contribution in [0.5, 0.6) is 0 Å². The van der Waals surface area contributed by atoms with E-state index in [2.05, 4.69) is 5.32 Å². The zero-order chi connectivity index (χ0) is 15.7. The lowest BCUT2D eigenvalue weighted by Gasteiger charge is -2.33. The Morgan fingerprint density at radius 2 is 2.00 bits per heavy atom. The lowest BCUT2D eigenvalue weighted by Crippen LogP contribution is -2.47. The molecule has 0 spiro atoms. The third-order valence-corrected chi connectivity index (χ3v) is 8.80. The average molecular weight is 338 g/mol. The van der Waals surface area contributed by atoms with Gasteiger partial charge in [-0.1, -0.05) is 0 Å². The minimum absolute atomic E-state index is 0.00613. The monoisotopic (exact) mass is 338 g/mol. The third-order valence-electron chi connectivity index (χ3n) is 4.35. The topological polar surface area (TPSA) is 83.6 Å². The molecule has 2 aliphatic rings. The molecule has 0 aromatic carbocycles. The smallest absolute Gasteiger partial charge is 0.218 e. The number of sulfone groups is 1. The second-order valence-corrected chi connectivity index (χ2v) is 10.8. The number of piperidine rings is 1. The highest BCUT2D eigenvalue weighted by molar-refractivity contribution is 7.95. The predicted molar refractivity (Wildman–Crippen MR) is 83.4 cm³/mol. The highest BCUT2D eigenvalue weighted by Crippen LogP contribution is 2.25. The van der Waals surface area contributed by atoms with E-state index in [1.54, 1.807) is 0 Å². The highest BCUT2D eigenvalue weighted by atomic mass is 32.2. The normalized spacial score (nSPS) is 30.1. The van der Waals surface area contributed by atoms with Gasteiger partial charge in [0.15, 0.2) is 9.84 Å². The van der Waals surface area contributed by atoms with Gasteiger partial charge in [-0.15, -0.1) is 0 Å². The molecule has 1 N–H and O–H groups in total. The van der Waals surface area contributed by atoms with Crippen LogP contribution in [-0.2, 0) is 19.9 Å². The standard InChI is InChI=1S/C13H26N2O4S2/c1-11(2)15(9-12-4-3-6-14-8-12)21(18,19)13-5-7-20(16,17)10-13/h11-14H,3-10H2,1-2H3. The highest BCUT2D eigenvalue weighted by Gasteiger charge is 2.41. The van der Waals surface area contributed by atoms with Crippen molar-refractivity contribution in [1.29, 1.82) is 0 Å². The van der Waals surface area contributed by atoms with Gasteiger partial charge in [0.1, 0.15) is 0 Å². The van der Waals surface area contributed by atoms with Crippen molar-refractivity contribution in [2.45, 2.75) is 44.4 Å². The predicted octanol–water partition coefficient (Wildman–Crippen LogP) is 0.213. The van der Waals surface area contributed by atoms with E-state index in [1.807, 2.05) is 13.8 Å². The SMILES string of the molecule is CC(C)N(CC1CCCNC1)S(=O)(=O)C1CCS(=O)(=O)C1. The van der Waals surface area contributed by atoms with Crippen LogP contribution in [0.1, 0.15) is 33.1 Å². The van der Waals surface area contributed by atoms with Gasteiger partial charge in [-0.25, -0.2) is 16.8 Å². The fraction of sp³-hybridized carbons (Fsp3) is 1.00. The summed E-state index contributed by atoms with van der Waals surface area (Å²) in [5.74, 6) is 0.0869. The van der Waals surface area contributed by atoms with Crippen LogP contribution in [0.4, 0.5) is 0 Å². The summed E-state index contributed by atoms with van der Waals surface area (Å²) in [7, 11) is -6.73. The second kappa shape index (κ2) is 6.52. The summed E-state index contributed by atoms with van der Waals surface area (Å²) in [6.45, 7) is 6.03. The van der Waals surface area contributed by atoms with Crippen molar-refractivity contribution in [3.8, 4) is 0 Å². The van der Waals surface area contributed by atoms with Crippen molar-refractivity contribution in [3.05, 3.63) is 0 Å². The number of sulfonamides is 1. The van der Waals surface area contributed by atoms with Crippen LogP contribution in [0.15, 0.2) is 0 Å². The first kappa shape index (κ1) is 17.2. The molecule has 2 aliphatic heterocycles. The molecule has 6 nitrogen and oxygen atoms in total. The lowest BCUT2D eigenvalue weighted by atomic mass is 9.99. The van der Waals surface area contributed by atoms with E-state index in [0.717, 1.165) is 25.9 Å². The van der Waals surface area contributed by atoms with Crippen molar-refractivity contribution < 1.29 is 16.8 Å². The van der Waals surface area contributed by atoms with E-state index < -0.39 is 25.1 Å². The van der Waals surface area contributed by atoms with Crippen LogP contribution in [-0.4, -0.2) is 63.6 Å². The molecule has 0 aliphatic carbocycles. The Labute approximate surface area is 128 Å². The summed E-state index contributed by atoms with van der Waals surface area (Å²) in [5, 5.41) is 2.53. The van der Waals surface area contributed by atoms with Crippen molar-refractivity contribution in [2.24, 2.45) is 5.92 Å². The van der Waals surface area contributed by atoms with E-state index in [0.29, 0.717) is 12.5 Å². The molecular formula is C13H26N2O4S2. The van der Waals surface area contributed by atoms with E-state index in [4.69, 9.17) is 0 Å². The summed E-state index contributed by atoms with van der Waals surface area (Å²) in [5.41, 5.74) is 0. The Morgan fingerprint density at radius 3 is 2.48 bits per heavy atom. The fourth-order valence-electron chi connectivity index (χ4n) is 3.13. The number of nitrogens with zero attached hydrogens (tertiary/aromatic N) is 1. The Hall–Kier alpha value is -0.180. The van der Waals surface area contributed by atoms with Crippen molar-refractivity contribution in [2.75, 3.05) is 31.1 Å². The summed E-state index contributed by atoms with van der Waals surface area (Å²) >= 11 is 0. The Kier molecular flexibility index (Phi) is 5.33. The van der Waals surface area contributed by atoms with Gasteiger partial charge in [0.2, 0.25) is 10.0 Å². The van der Waals surface area contributed by atoms with Gasteiger partial charge in [0, 0.05) is 12.6 Å². The summed E-state index contributed by atoms with van der Waals surface area (Å²) in [6, 6.07) is -0.139. The number of hydrogen-bond donors (Lipinski definition) is 1. The van der Waals surface area contributed by atoms with Gasteiger partial charge in [-0.2, -0.15) is 4.31 Å². The van der Waals surface area contributed by atoms with Crippen LogP contribution in [0.25, 0.3) is 0 Å². The first-order chi connectivity index (χ1) is 9.72. The van der Waals surface area contributed by atoms with Gasteiger partial charge in [-0.05, 0) is 52.1 Å². The molecule has 2 atom stereocenters. The van der Waals surface area contributed by atoms with E-state index in [9.17, 15) is 16.8 Å². The van der Waals surface area contributed by atoms with Crippen LogP contribution in [0.2, 0.25) is 0 Å². The quantitative estimate of drug-likeness (QED) is 0.775. The maximum atomic E-state index is 12.8. The molecule has 0 radical (unpaired) electrons. The molecule has 8 heteroatoms. The maximum absolute atomic E-state index is 12.8. The van der Waals surface area contributed by atoms with Crippen molar-refractivity contribution in [1.82, 2.24) is 9.62 Å². The molecule has 2 heterocycles. The molecule has 0 bridgehead atoms. The molecule has 124 valence electrons. The number of hydrogen-bond acceptors (Lipinski definition) is 5. The van der Waals surface area contributed by atoms with Crippen molar-refractivity contribution >= 4 is 19.9 Å². The third kappa shape index (κ3) is 4.18. The maximum Gasteiger partial charge on any atom is 0.218 e. The van der Waals surface area contributed by atoms with Crippen LogP contribution in [0, 0.1) is 5.92 Å². The largest absolute Gasteiger partial charge is 0.316 e. The van der Waals surface area contributed by atoms with Crippen LogP contribution >= 0.6 is 0 Å². The number of nitrogens with one attached hydrogen (secondary N) is 1. The molecule has 2 rings (SSSR count). The molecule has 0 aromatic rings. The van der Waals surface area contributed by atoms with E-state index in [1.165, 1.54) is 4.31 Å². The van der Waals surface area contributed by atoms with E-state index in [-0.39, 0.29) is 24.0 Å². The summed E-state index contributed by atoms with van der Waals surface area (Å²) < 4.78 is 50.2. The fourth-order valence-corrected chi connectivity index (χ4v) is 7.94. The zero-order valence-electron chi connectivity index (χ0n) is 12.8. The Bertz CT molecular complexity index is 551. The molecule has 0 amide bonds. The number of rotatable bonds is 5. The Morgan fingerprint density at radius 1 is 1.29 bits per heavy atom. The molecule has 21 heavy (non-hydrogen) atoms. The van der Waals surface area contributed by atoms with Gasteiger partial charge in [-0.3, -0.25) is 0 Å². The molecule has 2 unspecified atom stereocenters. The van der Waals surface area contributed by atoms with Crippen LogP contribution < -0.4 is 5.32 Å². The minimum Gasteiger partial charge on any atom is -0.316 e. The van der Waals surface area contributed by atoms with Gasteiger partial charge >= 0.3 is 0 Å². The van der Waals surface area contributed by atoms with Gasteiger partial charge in [0.25, 0.3) is 0 Å². The molecular weight excluding hydrogens is 312 g/mol.